The number of anilines is 1. The molecule has 1 aliphatic heterocycles. The molecule has 3 aromatic rings. The smallest absolute Gasteiger partial charge is 0.338 e. The van der Waals surface area contributed by atoms with Gasteiger partial charge in [-0.1, -0.05) is 23.9 Å². The lowest BCUT2D eigenvalue weighted by atomic mass is 10.2. The van der Waals surface area contributed by atoms with Crippen molar-refractivity contribution in [3.05, 3.63) is 65.9 Å². The van der Waals surface area contributed by atoms with Crippen molar-refractivity contribution in [2.24, 2.45) is 0 Å². The van der Waals surface area contributed by atoms with Crippen molar-refractivity contribution in [3.8, 4) is 11.5 Å². The third-order valence-electron chi connectivity index (χ3n) is 4.19. The number of sulfonamides is 1. The summed E-state index contributed by atoms with van der Waals surface area (Å²) >= 11 is 14.4. The van der Waals surface area contributed by atoms with E-state index in [1.54, 1.807) is 18.2 Å². The van der Waals surface area contributed by atoms with Gasteiger partial charge in [-0.15, -0.1) is 0 Å². The third-order valence-corrected chi connectivity index (χ3v) is 11.8. The zero-order valence-corrected chi connectivity index (χ0v) is 22.9. The summed E-state index contributed by atoms with van der Waals surface area (Å²) in [6.45, 7) is 0. The van der Waals surface area contributed by atoms with Crippen LogP contribution in [0, 0.1) is 0 Å². The average Bonchev–Trinajstić information content (AvgIpc) is 2.72. The fourth-order valence-electron chi connectivity index (χ4n) is 2.85. The van der Waals surface area contributed by atoms with Crippen molar-refractivity contribution in [2.75, 3.05) is 4.72 Å². The Morgan fingerprint density at radius 3 is 2.26 bits per heavy atom. The number of aromatic carboxylic acids is 1. The van der Waals surface area contributed by atoms with Crippen LogP contribution in [0.25, 0.3) is 0 Å². The first-order valence-electron chi connectivity index (χ1n) is 8.31. The highest BCUT2D eigenvalue weighted by atomic mass is 79.9. The number of carboxylic acids is 1. The number of nitrogens with one attached hydrogen (secondary N) is 1. The van der Waals surface area contributed by atoms with Gasteiger partial charge in [0.15, 0.2) is 0 Å². The maximum atomic E-state index is 13.2. The molecule has 0 amide bonds. The molecule has 12 heteroatoms. The quantitative estimate of drug-likeness (QED) is 0.168. The molecule has 160 valence electrons. The summed E-state index contributed by atoms with van der Waals surface area (Å²) in [4.78, 5) is 13.1. The second-order valence-electron chi connectivity index (χ2n) is 6.18. The van der Waals surface area contributed by atoms with E-state index in [4.69, 9.17) is 4.74 Å². The molecule has 0 unspecified atom stereocenters. The van der Waals surface area contributed by atoms with Crippen molar-refractivity contribution in [2.45, 2.75) is 14.7 Å². The Labute approximate surface area is 215 Å². The lowest BCUT2D eigenvalue weighted by Crippen LogP contribution is -2.19. The molecule has 0 saturated carbocycles. The van der Waals surface area contributed by atoms with E-state index in [1.165, 1.54) is 11.8 Å². The number of carboxylic acid groups (broad SMARTS) is 1. The molecular formula is C19H9Br4NO5S2. The van der Waals surface area contributed by atoms with E-state index in [0.717, 1.165) is 15.5 Å². The van der Waals surface area contributed by atoms with Crippen LogP contribution in [0.5, 0.6) is 11.5 Å². The molecule has 0 spiro atoms. The highest BCUT2D eigenvalue weighted by Crippen LogP contribution is 2.48. The number of ether oxygens (including phenoxy) is 1. The van der Waals surface area contributed by atoms with Crippen LogP contribution >= 0.6 is 75.5 Å². The number of para-hydroxylation sites is 1. The molecule has 0 fully saturated rings. The van der Waals surface area contributed by atoms with Gasteiger partial charge < -0.3 is 9.84 Å². The van der Waals surface area contributed by atoms with E-state index in [2.05, 4.69) is 68.4 Å². The van der Waals surface area contributed by atoms with Crippen molar-refractivity contribution >= 4 is 97.2 Å². The van der Waals surface area contributed by atoms with Crippen molar-refractivity contribution in [3.63, 3.8) is 0 Å². The molecule has 6 nitrogen and oxygen atoms in total. The van der Waals surface area contributed by atoms with E-state index < -0.39 is 26.5 Å². The summed E-state index contributed by atoms with van der Waals surface area (Å²) in [5.74, 6) is -0.0618. The van der Waals surface area contributed by atoms with Gasteiger partial charge in [-0.3, -0.25) is 4.72 Å². The molecule has 1 heterocycles. The van der Waals surface area contributed by atoms with E-state index >= 15 is 0 Å². The average molecular weight is 715 g/mol. The number of benzene rings is 3. The molecule has 0 radical (unpaired) electrons. The SMILES string of the molecule is O=C(O)c1c(Br)c(Br)c(Br)c(Br)c1S(=O)(=O)Nc1ccc2c(c1)Sc1ccccc1O2. The Morgan fingerprint density at radius 1 is 0.903 bits per heavy atom. The Bertz CT molecular complexity index is 1360. The number of fused-ring (bicyclic) bond motifs is 2. The van der Waals surface area contributed by atoms with Crippen LogP contribution < -0.4 is 9.46 Å². The number of halogens is 4. The van der Waals surface area contributed by atoms with Crippen LogP contribution in [0.3, 0.4) is 0 Å². The summed E-state index contributed by atoms with van der Waals surface area (Å²) in [6.07, 6.45) is 0. The molecule has 0 saturated heterocycles. The Balaban J connectivity index is 1.76. The minimum atomic E-state index is -4.28. The number of rotatable bonds is 4. The van der Waals surface area contributed by atoms with Gasteiger partial charge in [0.2, 0.25) is 0 Å². The predicted octanol–water partition coefficient (Wildman–Crippen LogP) is 7.49. The summed E-state index contributed by atoms with van der Waals surface area (Å²) in [5.41, 5.74) is -0.133. The van der Waals surface area contributed by atoms with Crippen molar-refractivity contribution in [1.29, 1.82) is 0 Å². The zero-order valence-electron chi connectivity index (χ0n) is 15.0. The van der Waals surface area contributed by atoms with Crippen LogP contribution in [-0.4, -0.2) is 19.5 Å². The van der Waals surface area contributed by atoms with Gasteiger partial charge in [0.1, 0.15) is 16.4 Å². The van der Waals surface area contributed by atoms with E-state index in [9.17, 15) is 18.3 Å². The first kappa shape index (κ1) is 23.1. The minimum absolute atomic E-state index is 0.0806. The largest absolute Gasteiger partial charge is 0.478 e. The zero-order chi connectivity index (χ0) is 22.5. The third kappa shape index (κ3) is 4.30. The summed E-state index contributed by atoms with van der Waals surface area (Å²) in [7, 11) is -4.28. The summed E-state index contributed by atoms with van der Waals surface area (Å²) in [5, 5.41) is 9.67. The van der Waals surface area contributed by atoms with E-state index in [-0.39, 0.29) is 14.6 Å². The number of carbonyl (C=O) groups is 1. The number of hydrogen-bond acceptors (Lipinski definition) is 5. The molecule has 31 heavy (non-hydrogen) atoms. The van der Waals surface area contributed by atoms with Gasteiger partial charge in [-0.25, -0.2) is 13.2 Å². The molecule has 0 aromatic heterocycles. The molecular weight excluding hydrogens is 706 g/mol. The summed E-state index contributed by atoms with van der Waals surface area (Å²) in [6, 6.07) is 12.4. The van der Waals surface area contributed by atoms with Gasteiger partial charge in [0.25, 0.3) is 10.0 Å². The van der Waals surface area contributed by atoms with E-state index in [1.807, 2.05) is 24.3 Å². The monoisotopic (exact) mass is 711 g/mol. The Morgan fingerprint density at radius 2 is 1.55 bits per heavy atom. The molecule has 4 rings (SSSR count). The fraction of sp³-hybridized carbons (Fsp3) is 0. The molecule has 0 aliphatic carbocycles. The van der Waals surface area contributed by atoms with Crippen LogP contribution in [0.2, 0.25) is 0 Å². The Hall–Kier alpha value is -1.05. The highest BCUT2D eigenvalue weighted by molar-refractivity contribution is 9.15. The molecule has 0 bridgehead atoms. The van der Waals surface area contributed by atoms with Crippen LogP contribution in [0.15, 0.2) is 75.0 Å². The second kappa shape index (κ2) is 8.71. The predicted molar refractivity (Wildman–Crippen MR) is 132 cm³/mol. The van der Waals surface area contributed by atoms with Gasteiger partial charge >= 0.3 is 5.97 Å². The van der Waals surface area contributed by atoms with E-state index in [0.29, 0.717) is 14.7 Å². The molecule has 1 aliphatic rings. The van der Waals surface area contributed by atoms with Gasteiger partial charge in [-0.2, -0.15) is 0 Å². The van der Waals surface area contributed by atoms with Gasteiger partial charge in [0, 0.05) is 13.4 Å². The maximum absolute atomic E-state index is 13.2. The maximum Gasteiger partial charge on any atom is 0.338 e. The number of hydrogen-bond donors (Lipinski definition) is 2. The normalized spacial score (nSPS) is 12.5. The summed E-state index contributed by atoms with van der Waals surface area (Å²) < 4.78 is 35.7. The first-order valence-corrected chi connectivity index (χ1v) is 13.8. The highest BCUT2D eigenvalue weighted by Gasteiger charge is 2.32. The first-order chi connectivity index (χ1) is 14.6. The van der Waals surface area contributed by atoms with Crippen LogP contribution in [0.1, 0.15) is 10.4 Å². The Kier molecular flexibility index (Phi) is 6.50. The van der Waals surface area contributed by atoms with Gasteiger partial charge in [0.05, 0.1) is 25.5 Å². The molecule has 3 aromatic carbocycles. The van der Waals surface area contributed by atoms with Gasteiger partial charge in [-0.05, 0) is 94.1 Å². The fourth-order valence-corrected chi connectivity index (χ4v) is 8.37. The molecule has 2 N–H and O–H groups in total. The van der Waals surface area contributed by atoms with Crippen LogP contribution in [-0.2, 0) is 10.0 Å². The van der Waals surface area contributed by atoms with Crippen molar-refractivity contribution < 1.29 is 23.1 Å². The lowest BCUT2D eigenvalue weighted by Gasteiger charge is -2.20. The topological polar surface area (TPSA) is 92.7 Å². The minimum Gasteiger partial charge on any atom is -0.478 e. The second-order valence-corrected chi connectivity index (χ2v) is 12.1. The van der Waals surface area contributed by atoms with Crippen LogP contribution in [0.4, 0.5) is 5.69 Å². The molecule has 0 atom stereocenters. The van der Waals surface area contributed by atoms with Crippen molar-refractivity contribution in [1.82, 2.24) is 0 Å². The lowest BCUT2D eigenvalue weighted by molar-refractivity contribution is 0.0691. The standard InChI is InChI=1S/C19H9Br4NO5S2/c20-14-13(19(25)26)18(17(23)16(22)15(14)21)31(27,28)24-8-5-6-10-12(7-8)30-11-4-2-1-3-9(11)29-10/h1-7,24H,(H,25,26).